The molecule has 0 aliphatic rings. The predicted octanol–water partition coefficient (Wildman–Crippen LogP) is 5.13. The summed E-state index contributed by atoms with van der Waals surface area (Å²) in [6.45, 7) is 8.62. The number of carboxylic acid groups (broad SMARTS) is 1. The number of nitrogens with zero attached hydrogens (tertiary/aromatic N) is 1. The minimum atomic E-state index is -0.905. The van der Waals surface area contributed by atoms with Crippen LogP contribution in [-0.2, 0) is 4.79 Å². The maximum absolute atomic E-state index is 10.8. The number of hydrogen-bond acceptors (Lipinski definition) is 1. The van der Waals surface area contributed by atoms with Gasteiger partial charge in [-0.05, 0) is 55.5 Å². The molecular formula is C19H25NO2. The molecule has 2 atom stereocenters. The van der Waals surface area contributed by atoms with E-state index < -0.39 is 5.97 Å². The summed E-state index contributed by atoms with van der Waals surface area (Å²) >= 11 is 0. The third-order valence-corrected chi connectivity index (χ3v) is 4.52. The molecule has 0 bridgehead atoms. The first kappa shape index (κ1) is 16.3. The number of rotatable bonds is 6. The Morgan fingerprint density at radius 2 is 2.05 bits per heavy atom. The molecule has 0 amide bonds. The van der Waals surface area contributed by atoms with Crippen LogP contribution in [0.4, 0.5) is 0 Å². The van der Waals surface area contributed by atoms with Crippen molar-refractivity contribution in [1.29, 1.82) is 0 Å². The molecule has 3 nitrogen and oxygen atoms in total. The van der Waals surface area contributed by atoms with Crippen molar-refractivity contribution in [2.45, 2.75) is 46.6 Å². The number of benzene rings is 1. The van der Waals surface area contributed by atoms with E-state index in [1.807, 2.05) is 13.0 Å². The summed E-state index contributed by atoms with van der Waals surface area (Å²) in [6, 6.07) is 8.74. The first-order valence-corrected chi connectivity index (χ1v) is 7.96. The van der Waals surface area contributed by atoms with Crippen molar-refractivity contribution in [2.24, 2.45) is 5.92 Å². The van der Waals surface area contributed by atoms with Gasteiger partial charge in [0.05, 0.1) is 0 Å². The van der Waals surface area contributed by atoms with E-state index in [0.29, 0.717) is 12.0 Å². The molecule has 22 heavy (non-hydrogen) atoms. The van der Waals surface area contributed by atoms with Gasteiger partial charge in [-0.25, -0.2) is 4.79 Å². The van der Waals surface area contributed by atoms with Crippen LogP contribution in [0.15, 0.2) is 36.5 Å². The molecule has 1 heterocycles. The molecule has 1 aromatic heterocycles. The van der Waals surface area contributed by atoms with E-state index in [1.54, 1.807) is 0 Å². The molecule has 2 unspecified atom stereocenters. The molecule has 2 aromatic rings. The SMILES string of the molecule is CCCC(C)C(C)n1ccc2cc(C(C)=CC(=O)O)ccc21. The first-order chi connectivity index (χ1) is 10.4. The minimum Gasteiger partial charge on any atom is -0.478 e. The van der Waals surface area contributed by atoms with Gasteiger partial charge < -0.3 is 9.67 Å². The van der Waals surface area contributed by atoms with Crippen molar-refractivity contribution in [1.82, 2.24) is 4.57 Å². The summed E-state index contributed by atoms with van der Waals surface area (Å²) in [5, 5.41) is 10.0. The number of hydrogen-bond donors (Lipinski definition) is 1. The molecular weight excluding hydrogens is 274 g/mol. The van der Waals surface area contributed by atoms with E-state index in [9.17, 15) is 4.79 Å². The lowest BCUT2D eigenvalue weighted by Gasteiger charge is -2.22. The summed E-state index contributed by atoms with van der Waals surface area (Å²) in [4.78, 5) is 10.8. The second-order valence-electron chi connectivity index (χ2n) is 6.17. The zero-order valence-electron chi connectivity index (χ0n) is 13.8. The lowest BCUT2D eigenvalue weighted by molar-refractivity contribution is -0.131. The average Bonchev–Trinajstić information content (AvgIpc) is 2.88. The molecule has 3 heteroatoms. The van der Waals surface area contributed by atoms with Crippen LogP contribution in [0.25, 0.3) is 16.5 Å². The van der Waals surface area contributed by atoms with Crippen LogP contribution >= 0.6 is 0 Å². The zero-order chi connectivity index (χ0) is 16.3. The number of fused-ring (bicyclic) bond motifs is 1. The second-order valence-corrected chi connectivity index (χ2v) is 6.17. The van der Waals surface area contributed by atoms with E-state index in [0.717, 1.165) is 16.5 Å². The Bertz CT molecular complexity index is 697. The van der Waals surface area contributed by atoms with Gasteiger partial charge in [0.25, 0.3) is 0 Å². The third kappa shape index (κ3) is 3.41. The number of carbonyl (C=O) groups is 1. The van der Waals surface area contributed by atoms with Crippen LogP contribution in [-0.4, -0.2) is 15.6 Å². The van der Waals surface area contributed by atoms with Crippen molar-refractivity contribution in [2.75, 3.05) is 0 Å². The highest BCUT2D eigenvalue weighted by molar-refractivity contribution is 5.91. The molecule has 0 saturated carbocycles. The number of aliphatic carboxylic acids is 1. The fourth-order valence-corrected chi connectivity index (χ4v) is 3.00. The number of carboxylic acids is 1. The van der Waals surface area contributed by atoms with Gasteiger partial charge in [0.2, 0.25) is 0 Å². The standard InChI is InChI=1S/C19H25NO2/c1-5-6-13(2)15(4)20-10-9-17-12-16(7-8-18(17)20)14(3)11-19(21)22/h7-13,15H,5-6H2,1-4H3,(H,21,22). The fraction of sp³-hybridized carbons (Fsp3) is 0.421. The van der Waals surface area contributed by atoms with Crippen molar-refractivity contribution >= 4 is 22.4 Å². The maximum atomic E-state index is 10.8. The van der Waals surface area contributed by atoms with E-state index in [2.05, 4.69) is 49.7 Å². The number of aromatic nitrogens is 1. The maximum Gasteiger partial charge on any atom is 0.328 e. The molecule has 0 spiro atoms. The van der Waals surface area contributed by atoms with Gasteiger partial charge in [0, 0.05) is 29.2 Å². The normalized spacial score (nSPS) is 15.0. The lowest BCUT2D eigenvalue weighted by atomic mass is 9.98. The van der Waals surface area contributed by atoms with E-state index in [4.69, 9.17) is 5.11 Å². The smallest absolute Gasteiger partial charge is 0.328 e. The van der Waals surface area contributed by atoms with Gasteiger partial charge in [-0.1, -0.05) is 26.3 Å². The second kappa shape index (κ2) is 6.82. The molecule has 118 valence electrons. The molecule has 2 rings (SSSR count). The van der Waals surface area contributed by atoms with Crippen LogP contribution in [0.2, 0.25) is 0 Å². The van der Waals surface area contributed by atoms with Gasteiger partial charge in [-0.15, -0.1) is 0 Å². The highest BCUT2D eigenvalue weighted by atomic mass is 16.4. The lowest BCUT2D eigenvalue weighted by Crippen LogP contribution is -2.12. The van der Waals surface area contributed by atoms with Crippen molar-refractivity contribution in [3.8, 4) is 0 Å². The van der Waals surface area contributed by atoms with Crippen LogP contribution < -0.4 is 0 Å². The zero-order valence-corrected chi connectivity index (χ0v) is 13.8. The summed E-state index contributed by atoms with van der Waals surface area (Å²) in [6.07, 6.45) is 5.82. The largest absolute Gasteiger partial charge is 0.478 e. The van der Waals surface area contributed by atoms with Crippen LogP contribution in [0.5, 0.6) is 0 Å². The Morgan fingerprint density at radius 3 is 2.68 bits per heavy atom. The molecule has 1 aromatic carbocycles. The topological polar surface area (TPSA) is 42.2 Å². The van der Waals surface area contributed by atoms with Gasteiger partial charge in [-0.3, -0.25) is 0 Å². The monoisotopic (exact) mass is 299 g/mol. The number of allylic oxidation sites excluding steroid dienone is 1. The van der Waals surface area contributed by atoms with Gasteiger partial charge in [0.1, 0.15) is 0 Å². The Hall–Kier alpha value is -2.03. The molecule has 0 radical (unpaired) electrons. The van der Waals surface area contributed by atoms with E-state index in [-0.39, 0.29) is 0 Å². The summed E-state index contributed by atoms with van der Waals surface area (Å²) < 4.78 is 2.33. The Labute approximate surface area is 132 Å². The van der Waals surface area contributed by atoms with Crippen LogP contribution in [0.1, 0.15) is 52.1 Å². The van der Waals surface area contributed by atoms with Crippen molar-refractivity contribution in [3.63, 3.8) is 0 Å². The highest BCUT2D eigenvalue weighted by Crippen LogP contribution is 2.29. The average molecular weight is 299 g/mol. The molecule has 0 saturated heterocycles. The Morgan fingerprint density at radius 1 is 1.32 bits per heavy atom. The summed E-state index contributed by atoms with van der Waals surface area (Å²) in [5.74, 6) is -0.272. The Balaban J connectivity index is 2.36. The first-order valence-electron chi connectivity index (χ1n) is 7.96. The minimum absolute atomic E-state index is 0.457. The van der Waals surface area contributed by atoms with Crippen molar-refractivity contribution < 1.29 is 9.90 Å². The third-order valence-electron chi connectivity index (χ3n) is 4.52. The molecule has 0 fully saturated rings. The molecule has 1 N–H and O–H groups in total. The van der Waals surface area contributed by atoms with Crippen LogP contribution in [0, 0.1) is 5.92 Å². The Kier molecular flexibility index (Phi) is 5.07. The molecule has 0 aliphatic heterocycles. The van der Waals surface area contributed by atoms with Crippen molar-refractivity contribution in [3.05, 3.63) is 42.1 Å². The van der Waals surface area contributed by atoms with Gasteiger partial charge in [0.15, 0.2) is 0 Å². The highest BCUT2D eigenvalue weighted by Gasteiger charge is 2.15. The predicted molar refractivity (Wildman–Crippen MR) is 92.0 cm³/mol. The quantitative estimate of drug-likeness (QED) is 0.752. The summed E-state index contributed by atoms with van der Waals surface area (Å²) in [7, 11) is 0. The van der Waals surface area contributed by atoms with Crippen LogP contribution in [0.3, 0.4) is 0 Å². The van der Waals surface area contributed by atoms with Gasteiger partial charge >= 0.3 is 5.97 Å². The van der Waals surface area contributed by atoms with Gasteiger partial charge in [-0.2, -0.15) is 0 Å². The van der Waals surface area contributed by atoms with E-state index >= 15 is 0 Å². The fourth-order valence-electron chi connectivity index (χ4n) is 3.00. The molecule has 0 aliphatic carbocycles. The van der Waals surface area contributed by atoms with E-state index in [1.165, 1.54) is 24.4 Å². The summed E-state index contributed by atoms with van der Waals surface area (Å²) in [5.41, 5.74) is 2.94.